The highest BCUT2D eigenvalue weighted by Crippen LogP contribution is 2.37. The number of rotatable bonds is 1. The fourth-order valence-electron chi connectivity index (χ4n) is 2.65. The van der Waals surface area contributed by atoms with E-state index < -0.39 is 11.6 Å². The Morgan fingerprint density at radius 2 is 1.43 bits per heavy atom. The van der Waals surface area contributed by atoms with E-state index in [-0.39, 0.29) is 40.4 Å². The number of carbonyl (C=O) groups is 2. The van der Waals surface area contributed by atoms with Crippen molar-refractivity contribution in [2.75, 3.05) is 0 Å². The van der Waals surface area contributed by atoms with Gasteiger partial charge < -0.3 is 15.3 Å². The van der Waals surface area contributed by atoms with Gasteiger partial charge in [-0.2, -0.15) is 0 Å². The highest BCUT2D eigenvalue weighted by atomic mass is 16.3. The fourth-order valence-corrected chi connectivity index (χ4v) is 2.65. The highest BCUT2D eigenvalue weighted by Gasteiger charge is 2.34. The standard InChI is InChI=1S/C16H12O5/c1-7-2-9-13(11(18)3-7)16(21)14-10(15(9)20)4-8(6-17)5-12(14)19/h2-5,17-19H,6H2,1H3. The van der Waals surface area contributed by atoms with E-state index in [0.29, 0.717) is 11.1 Å². The van der Waals surface area contributed by atoms with Crippen molar-refractivity contribution in [3.05, 3.63) is 57.6 Å². The minimum atomic E-state index is -0.598. The van der Waals surface area contributed by atoms with Gasteiger partial charge in [0.25, 0.3) is 0 Å². The van der Waals surface area contributed by atoms with E-state index in [1.165, 1.54) is 24.3 Å². The number of aliphatic hydroxyl groups excluding tert-OH is 1. The van der Waals surface area contributed by atoms with E-state index in [1.54, 1.807) is 6.92 Å². The maximum Gasteiger partial charge on any atom is 0.201 e. The lowest BCUT2D eigenvalue weighted by Gasteiger charge is -2.20. The molecule has 0 heterocycles. The molecule has 0 bridgehead atoms. The van der Waals surface area contributed by atoms with Crippen molar-refractivity contribution < 1.29 is 24.9 Å². The van der Waals surface area contributed by atoms with E-state index in [4.69, 9.17) is 5.11 Å². The van der Waals surface area contributed by atoms with E-state index in [2.05, 4.69) is 0 Å². The molecule has 21 heavy (non-hydrogen) atoms. The molecule has 0 saturated heterocycles. The van der Waals surface area contributed by atoms with Crippen molar-refractivity contribution in [3.63, 3.8) is 0 Å². The summed E-state index contributed by atoms with van der Waals surface area (Å²) >= 11 is 0. The first-order chi connectivity index (χ1) is 9.93. The summed E-state index contributed by atoms with van der Waals surface area (Å²) in [4.78, 5) is 25.0. The van der Waals surface area contributed by atoms with Gasteiger partial charge in [-0.3, -0.25) is 9.59 Å². The number of ketones is 2. The van der Waals surface area contributed by atoms with Crippen LogP contribution in [0.4, 0.5) is 0 Å². The Balaban J connectivity index is 2.35. The van der Waals surface area contributed by atoms with Crippen molar-refractivity contribution in [2.24, 2.45) is 0 Å². The number of aromatic hydroxyl groups is 2. The van der Waals surface area contributed by atoms with E-state index in [0.717, 1.165) is 0 Å². The zero-order valence-electron chi connectivity index (χ0n) is 11.2. The van der Waals surface area contributed by atoms with Crippen LogP contribution in [0.1, 0.15) is 43.0 Å². The monoisotopic (exact) mass is 284 g/mol. The summed E-state index contributed by atoms with van der Waals surface area (Å²) in [5.41, 5.74) is 0.918. The SMILES string of the molecule is Cc1cc(O)c2c(c1)C(=O)c1cc(CO)cc(O)c1C2=O. The van der Waals surface area contributed by atoms with Crippen LogP contribution < -0.4 is 0 Å². The number of aliphatic hydroxyl groups is 1. The molecule has 0 unspecified atom stereocenters. The first-order valence-electron chi connectivity index (χ1n) is 6.33. The van der Waals surface area contributed by atoms with Crippen LogP contribution in [-0.4, -0.2) is 26.9 Å². The van der Waals surface area contributed by atoms with Crippen LogP contribution in [0, 0.1) is 6.92 Å². The van der Waals surface area contributed by atoms with Gasteiger partial charge in [-0.15, -0.1) is 0 Å². The molecule has 3 rings (SSSR count). The normalized spacial score (nSPS) is 13.0. The Labute approximate surface area is 120 Å². The topological polar surface area (TPSA) is 94.8 Å². The number of hydrogen-bond donors (Lipinski definition) is 3. The lowest BCUT2D eigenvalue weighted by molar-refractivity contribution is 0.0974. The first kappa shape index (κ1) is 13.3. The van der Waals surface area contributed by atoms with Crippen molar-refractivity contribution >= 4 is 11.6 Å². The Hall–Kier alpha value is -2.66. The number of fused-ring (bicyclic) bond motifs is 2. The third-order valence-electron chi connectivity index (χ3n) is 3.57. The minimum absolute atomic E-state index is 0.0431. The van der Waals surface area contributed by atoms with Gasteiger partial charge in [0.2, 0.25) is 5.78 Å². The Morgan fingerprint density at radius 3 is 2.05 bits per heavy atom. The molecule has 0 atom stereocenters. The van der Waals surface area contributed by atoms with Gasteiger partial charge in [-0.25, -0.2) is 0 Å². The molecule has 0 fully saturated rings. The number of hydrogen-bond acceptors (Lipinski definition) is 5. The first-order valence-corrected chi connectivity index (χ1v) is 6.33. The largest absolute Gasteiger partial charge is 0.507 e. The van der Waals surface area contributed by atoms with Crippen molar-refractivity contribution in [1.82, 2.24) is 0 Å². The second-order valence-corrected chi connectivity index (χ2v) is 5.06. The third kappa shape index (κ3) is 1.82. The molecule has 1 aliphatic rings. The summed E-state index contributed by atoms with van der Waals surface area (Å²) in [6.07, 6.45) is 0. The Morgan fingerprint density at radius 1 is 0.857 bits per heavy atom. The maximum atomic E-state index is 12.5. The highest BCUT2D eigenvalue weighted by molar-refractivity contribution is 6.30. The summed E-state index contributed by atoms with van der Waals surface area (Å²) in [5.74, 6) is -1.71. The molecule has 0 radical (unpaired) electrons. The number of phenolic OH excluding ortho intramolecular Hbond substituents is 2. The lowest BCUT2D eigenvalue weighted by atomic mass is 9.81. The summed E-state index contributed by atoms with van der Waals surface area (Å²) < 4.78 is 0. The second kappa shape index (κ2) is 4.43. The zero-order chi connectivity index (χ0) is 15.3. The molecule has 2 aromatic rings. The van der Waals surface area contributed by atoms with Gasteiger partial charge in [0.1, 0.15) is 11.5 Å². The predicted molar refractivity (Wildman–Crippen MR) is 73.7 cm³/mol. The van der Waals surface area contributed by atoms with Crippen LogP contribution in [0.3, 0.4) is 0 Å². The fraction of sp³-hybridized carbons (Fsp3) is 0.125. The van der Waals surface area contributed by atoms with E-state index in [1.807, 2.05) is 0 Å². The van der Waals surface area contributed by atoms with Crippen LogP contribution in [0.15, 0.2) is 24.3 Å². The summed E-state index contributed by atoms with van der Waals surface area (Å²) in [6.45, 7) is 1.35. The van der Waals surface area contributed by atoms with E-state index in [9.17, 15) is 19.8 Å². The van der Waals surface area contributed by atoms with Crippen LogP contribution >= 0.6 is 0 Å². The molecule has 5 nitrogen and oxygen atoms in total. The Kier molecular flexibility index (Phi) is 2.81. The molecule has 0 aliphatic heterocycles. The molecular formula is C16H12O5. The Bertz CT molecular complexity index is 805. The molecule has 0 spiro atoms. The van der Waals surface area contributed by atoms with Crippen molar-refractivity contribution in [2.45, 2.75) is 13.5 Å². The molecule has 0 amide bonds. The number of aryl methyl sites for hydroxylation is 1. The predicted octanol–water partition coefficient (Wildman–Crippen LogP) is 1.67. The number of phenols is 2. The summed E-state index contributed by atoms with van der Waals surface area (Å²) in [7, 11) is 0. The maximum absolute atomic E-state index is 12.5. The quantitative estimate of drug-likeness (QED) is 0.632. The zero-order valence-corrected chi connectivity index (χ0v) is 11.2. The minimum Gasteiger partial charge on any atom is -0.507 e. The second-order valence-electron chi connectivity index (χ2n) is 5.06. The van der Waals surface area contributed by atoms with Gasteiger partial charge >= 0.3 is 0 Å². The molecule has 2 aromatic carbocycles. The van der Waals surface area contributed by atoms with Crippen molar-refractivity contribution in [1.29, 1.82) is 0 Å². The van der Waals surface area contributed by atoms with Crippen LogP contribution in [0.25, 0.3) is 0 Å². The number of carbonyl (C=O) groups excluding carboxylic acids is 2. The molecule has 5 heteroatoms. The van der Waals surface area contributed by atoms with Crippen LogP contribution in [-0.2, 0) is 6.61 Å². The van der Waals surface area contributed by atoms with Gasteiger partial charge in [0.15, 0.2) is 5.78 Å². The van der Waals surface area contributed by atoms with Crippen LogP contribution in [0.2, 0.25) is 0 Å². The smallest absolute Gasteiger partial charge is 0.201 e. The van der Waals surface area contributed by atoms with Crippen molar-refractivity contribution in [3.8, 4) is 11.5 Å². The molecule has 0 saturated carbocycles. The van der Waals surface area contributed by atoms with Gasteiger partial charge in [0, 0.05) is 11.1 Å². The van der Waals surface area contributed by atoms with Gasteiger partial charge in [-0.05, 0) is 42.3 Å². The number of benzene rings is 2. The van der Waals surface area contributed by atoms with E-state index >= 15 is 0 Å². The van der Waals surface area contributed by atoms with Gasteiger partial charge in [-0.1, -0.05) is 0 Å². The average Bonchev–Trinajstić information content (AvgIpc) is 2.43. The van der Waals surface area contributed by atoms with Crippen LogP contribution in [0.5, 0.6) is 11.5 Å². The molecule has 106 valence electrons. The molecule has 1 aliphatic carbocycles. The lowest BCUT2D eigenvalue weighted by Crippen LogP contribution is -2.21. The third-order valence-corrected chi connectivity index (χ3v) is 3.57. The summed E-state index contributed by atoms with van der Waals surface area (Å²) in [6, 6.07) is 5.55. The molecule has 0 aromatic heterocycles. The summed E-state index contributed by atoms with van der Waals surface area (Å²) in [5, 5.41) is 29.1. The molecular weight excluding hydrogens is 272 g/mol. The molecule has 3 N–H and O–H groups in total. The van der Waals surface area contributed by atoms with Gasteiger partial charge in [0.05, 0.1) is 17.7 Å². The average molecular weight is 284 g/mol.